The van der Waals surface area contributed by atoms with Gasteiger partial charge in [-0.05, 0) is 55.4 Å². The second kappa shape index (κ2) is 6.99. The highest BCUT2D eigenvalue weighted by atomic mass is 32.1. The normalized spacial score (nSPS) is 13.6. The van der Waals surface area contributed by atoms with E-state index in [0.717, 1.165) is 70.9 Å². The third kappa shape index (κ3) is 3.03. The predicted molar refractivity (Wildman–Crippen MR) is 105 cm³/mol. The highest BCUT2D eigenvalue weighted by Gasteiger charge is 2.22. The zero-order chi connectivity index (χ0) is 18.1. The lowest BCUT2D eigenvalue weighted by Gasteiger charge is -2.19. The molecule has 134 valence electrons. The third-order valence-electron chi connectivity index (χ3n) is 4.71. The lowest BCUT2D eigenvalue weighted by atomic mass is 9.89. The summed E-state index contributed by atoms with van der Waals surface area (Å²) in [5, 5.41) is 15.2. The molecule has 3 aromatic rings. The Morgan fingerprint density at radius 3 is 2.69 bits per heavy atom. The SMILES string of the molecule is CCCNc1nc2nc3c(c(-c4ccc([N+](=O)[O-])cc4)c2s1)CCCC3. The zero-order valence-electron chi connectivity index (χ0n) is 14.6. The number of aromatic nitrogens is 2. The number of thiazole rings is 1. The Bertz CT molecular complexity index is 966. The van der Waals surface area contributed by atoms with Crippen LogP contribution in [0.25, 0.3) is 21.5 Å². The molecule has 2 aromatic heterocycles. The second-order valence-corrected chi connectivity index (χ2v) is 7.52. The quantitative estimate of drug-likeness (QED) is 0.508. The molecule has 0 atom stereocenters. The van der Waals surface area contributed by atoms with Crippen molar-refractivity contribution in [2.45, 2.75) is 39.0 Å². The van der Waals surface area contributed by atoms with Gasteiger partial charge in [-0.25, -0.2) is 9.97 Å². The molecule has 0 saturated heterocycles. The largest absolute Gasteiger partial charge is 0.361 e. The fraction of sp³-hybridized carbons (Fsp3) is 0.368. The maximum absolute atomic E-state index is 11.0. The van der Waals surface area contributed by atoms with Crippen LogP contribution in [0.15, 0.2) is 24.3 Å². The van der Waals surface area contributed by atoms with Crippen molar-refractivity contribution in [3.05, 3.63) is 45.6 Å². The van der Waals surface area contributed by atoms with E-state index < -0.39 is 0 Å². The van der Waals surface area contributed by atoms with Gasteiger partial charge in [0.25, 0.3) is 5.69 Å². The number of nitrogens with zero attached hydrogens (tertiary/aromatic N) is 3. The molecule has 0 amide bonds. The number of nitro benzene ring substituents is 1. The number of fused-ring (bicyclic) bond motifs is 2. The van der Waals surface area contributed by atoms with Gasteiger partial charge >= 0.3 is 0 Å². The van der Waals surface area contributed by atoms with Crippen LogP contribution in [0, 0.1) is 10.1 Å². The smallest absolute Gasteiger partial charge is 0.269 e. The van der Waals surface area contributed by atoms with Crippen LogP contribution >= 0.6 is 11.3 Å². The highest BCUT2D eigenvalue weighted by Crippen LogP contribution is 2.40. The van der Waals surface area contributed by atoms with E-state index in [4.69, 9.17) is 4.98 Å². The summed E-state index contributed by atoms with van der Waals surface area (Å²) in [6.45, 7) is 3.01. The van der Waals surface area contributed by atoms with Crippen LogP contribution in [0.2, 0.25) is 0 Å². The van der Waals surface area contributed by atoms with E-state index in [1.54, 1.807) is 23.5 Å². The van der Waals surface area contributed by atoms with Crippen molar-refractivity contribution < 1.29 is 4.92 Å². The predicted octanol–water partition coefficient (Wildman–Crippen LogP) is 4.97. The van der Waals surface area contributed by atoms with Crippen molar-refractivity contribution in [1.29, 1.82) is 0 Å². The molecule has 26 heavy (non-hydrogen) atoms. The summed E-state index contributed by atoms with van der Waals surface area (Å²) in [4.78, 5) is 20.1. The Hall–Kier alpha value is -2.54. The molecule has 6 nitrogen and oxygen atoms in total. The Balaban J connectivity index is 1.89. The fourth-order valence-corrected chi connectivity index (χ4v) is 4.49. The van der Waals surface area contributed by atoms with E-state index in [1.165, 1.54) is 5.56 Å². The van der Waals surface area contributed by atoms with Crippen LogP contribution in [0.3, 0.4) is 0 Å². The number of hydrogen-bond donors (Lipinski definition) is 1. The van der Waals surface area contributed by atoms with Crippen LogP contribution in [-0.2, 0) is 12.8 Å². The van der Waals surface area contributed by atoms with Gasteiger partial charge < -0.3 is 5.32 Å². The molecule has 0 radical (unpaired) electrons. The summed E-state index contributed by atoms with van der Waals surface area (Å²) in [5.41, 5.74) is 5.46. The van der Waals surface area contributed by atoms with E-state index in [9.17, 15) is 10.1 Å². The molecule has 2 heterocycles. The first-order valence-electron chi connectivity index (χ1n) is 8.98. The number of non-ortho nitro benzene ring substituents is 1. The van der Waals surface area contributed by atoms with Gasteiger partial charge in [-0.1, -0.05) is 18.3 Å². The summed E-state index contributed by atoms with van der Waals surface area (Å²) in [5.74, 6) is 0. The number of nitrogens with one attached hydrogen (secondary N) is 1. The van der Waals surface area contributed by atoms with Crippen LogP contribution in [0.5, 0.6) is 0 Å². The van der Waals surface area contributed by atoms with Gasteiger partial charge in [0.2, 0.25) is 0 Å². The number of aryl methyl sites for hydroxylation is 1. The van der Waals surface area contributed by atoms with Gasteiger partial charge in [-0.3, -0.25) is 10.1 Å². The van der Waals surface area contributed by atoms with Gasteiger partial charge in [0, 0.05) is 29.9 Å². The topological polar surface area (TPSA) is 81.0 Å². The molecule has 1 aliphatic carbocycles. The minimum atomic E-state index is -0.360. The minimum Gasteiger partial charge on any atom is -0.361 e. The molecular weight excluding hydrogens is 348 g/mol. The summed E-state index contributed by atoms with van der Waals surface area (Å²) in [7, 11) is 0. The standard InChI is InChI=1S/C19H20N4O2S/c1-2-11-20-19-22-18-17(26-19)16(14-5-3-4-6-15(14)21-18)12-7-9-13(10-8-12)23(24)25/h7-10H,2-6,11H2,1H3,(H,20,21,22). The van der Waals surface area contributed by atoms with Gasteiger partial charge in [0.05, 0.1) is 9.62 Å². The third-order valence-corrected chi connectivity index (χ3v) is 5.73. The molecule has 0 aliphatic heterocycles. The van der Waals surface area contributed by atoms with Gasteiger partial charge in [-0.2, -0.15) is 0 Å². The van der Waals surface area contributed by atoms with Crippen LogP contribution in [0.4, 0.5) is 10.8 Å². The molecule has 4 rings (SSSR count). The number of rotatable bonds is 5. The second-order valence-electron chi connectivity index (χ2n) is 6.52. The highest BCUT2D eigenvalue weighted by molar-refractivity contribution is 7.22. The Labute approximate surface area is 155 Å². The van der Waals surface area contributed by atoms with E-state index in [0.29, 0.717) is 0 Å². The van der Waals surface area contributed by atoms with E-state index in [-0.39, 0.29) is 10.6 Å². The summed E-state index contributed by atoms with van der Waals surface area (Å²) in [6.07, 6.45) is 5.31. The number of hydrogen-bond acceptors (Lipinski definition) is 6. The molecule has 0 bridgehead atoms. The molecule has 0 spiro atoms. The number of benzene rings is 1. The Morgan fingerprint density at radius 2 is 1.96 bits per heavy atom. The van der Waals surface area contributed by atoms with Gasteiger partial charge in [-0.15, -0.1) is 0 Å². The monoisotopic (exact) mass is 368 g/mol. The van der Waals surface area contributed by atoms with Crippen LogP contribution in [0.1, 0.15) is 37.4 Å². The molecule has 7 heteroatoms. The van der Waals surface area contributed by atoms with Gasteiger partial charge in [0.1, 0.15) is 0 Å². The van der Waals surface area contributed by atoms with E-state index >= 15 is 0 Å². The zero-order valence-corrected chi connectivity index (χ0v) is 15.4. The number of nitro groups is 1. The first-order chi connectivity index (χ1) is 12.7. The summed E-state index contributed by atoms with van der Waals surface area (Å²) in [6, 6.07) is 6.85. The van der Waals surface area contributed by atoms with Crippen molar-refractivity contribution in [3.63, 3.8) is 0 Å². The Kier molecular flexibility index (Phi) is 4.55. The van der Waals surface area contributed by atoms with E-state index in [1.807, 2.05) is 12.1 Å². The summed E-state index contributed by atoms with van der Waals surface area (Å²) < 4.78 is 1.07. The van der Waals surface area contributed by atoms with Crippen LogP contribution < -0.4 is 5.32 Å². The first kappa shape index (κ1) is 16.9. The van der Waals surface area contributed by atoms with Crippen molar-refractivity contribution in [3.8, 4) is 11.1 Å². The lowest BCUT2D eigenvalue weighted by Crippen LogP contribution is -2.07. The molecular formula is C19H20N4O2S. The van der Waals surface area contributed by atoms with Gasteiger partial charge in [0.15, 0.2) is 10.8 Å². The molecule has 1 N–H and O–H groups in total. The van der Waals surface area contributed by atoms with Crippen molar-refractivity contribution in [1.82, 2.24) is 9.97 Å². The molecule has 1 aliphatic rings. The van der Waals surface area contributed by atoms with Crippen LogP contribution in [-0.4, -0.2) is 21.4 Å². The Morgan fingerprint density at radius 1 is 1.19 bits per heavy atom. The molecule has 0 fully saturated rings. The fourth-order valence-electron chi connectivity index (χ4n) is 3.46. The maximum atomic E-state index is 11.0. The average molecular weight is 368 g/mol. The molecule has 0 saturated carbocycles. The number of anilines is 1. The minimum absolute atomic E-state index is 0.113. The maximum Gasteiger partial charge on any atom is 0.269 e. The molecule has 0 unspecified atom stereocenters. The average Bonchev–Trinajstić information content (AvgIpc) is 3.06. The van der Waals surface area contributed by atoms with Crippen molar-refractivity contribution >= 4 is 32.5 Å². The molecule has 1 aromatic carbocycles. The lowest BCUT2D eigenvalue weighted by molar-refractivity contribution is -0.384. The van der Waals surface area contributed by atoms with Crippen molar-refractivity contribution in [2.75, 3.05) is 11.9 Å². The van der Waals surface area contributed by atoms with Crippen molar-refractivity contribution in [2.24, 2.45) is 0 Å². The summed E-state index contributed by atoms with van der Waals surface area (Å²) >= 11 is 1.62. The number of pyridine rings is 1. The first-order valence-corrected chi connectivity index (χ1v) is 9.80. The van der Waals surface area contributed by atoms with E-state index in [2.05, 4.69) is 17.2 Å².